The van der Waals surface area contributed by atoms with Gasteiger partial charge >= 0.3 is 0 Å². The zero-order valence-electron chi connectivity index (χ0n) is 17.4. The molecule has 2 aromatic carbocycles. The molecule has 0 aliphatic heterocycles. The number of aromatic nitrogens is 2. The number of hydrogen-bond acceptors (Lipinski definition) is 7. The van der Waals surface area contributed by atoms with Crippen molar-refractivity contribution in [3.63, 3.8) is 0 Å². The molecule has 8 nitrogen and oxygen atoms in total. The SMILES string of the molecule is COc1cc(Nc2ncc(-c3cc(N)cc(-c4c(C)cc[nH]c4=O)c3)o2)cc(OC)c1. The summed E-state index contributed by atoms with van der Waals surface area (Å²) in [4.78, 5) is 19.4. The Kier molecular flexibility index (Phi) is 5.36. The van der Waals surface area contributed by atoms with Gasteiger partial charge in [0.25, 0.3) is 11.6 Å². The molecular formula is C23H22N4O4. The third-order valence-electron chi connectivity index (χ3n) is 4.81. The number of nitrogen functional groups attached to an aromatic ring is 1. The van der Waals surface area contributed by atoms with Crippen LogP contribution in [0.5, 0.6) is 11.5 Å². The summed E-state index contributed by atoms with van der Waals surface area (Å²) in [6.45, 7) is 1.88. The second kappa shape index (κ2) is 8.27. The Hall–Kier alpha value is -4.20. The second-order valence-electron chi connectivity index (χ2n) is 6.96. The number of anilines is 3. The molecule has 0 spiro atoms. The molecule has 2 heterocycles. The Morgan fingerprint density at radius 2 is 1.74 bits per heavy atom. The second-order valence-corrected chi connectivity index (χ2v) is 6.96. The van der Waals surface area contributed by atoms with Crippen molar-refractivity contribution in [3.05, 3.63) is 70.8 Å². The Bertz CT molecular complexity index is 1270. The smallest absolute Gasteiger partial charge is 0.299 e. The largest absolute Gasteiger partial charge is 0.497 e. The molecule has 0 amide bonds. The van der Waals surface area contributed by atoms with Gasteiger partial charge in [0.2, 0.25) is 0 Å². The van der Waals surface area contributed by atoms with Gasteiger partial charge in [-0.1, -0.05) is 0 Å². The first-order valence-electron chi connectivity index (χ1n) is 9.52. The third-order valence-corrected chi connectivity index (χ3v) is 4.81. The van der Waals surface area contributed by atoms with Gasteiger partial charge in [-0.2, -0.15) is 0 Å². The van der Waals surface area contributed by atoms with Crippen molar-refractivity contribution in [1.82, 2.24) is 9.97 Å². The number of hydrogen-bond donors (Lipinski definition) is 3. The fraction of sp³-hybridized carbons (Fsp3) is 0.130. The predicted octanol–water partition coefficient (Wildman–Crippen LogP) is 4.35. The van der Waals surface area contributed by atoms with Crippen LogP contribution in [-0.4, -0.2) is 24.2 Å². The van der Waals surface area contributed by atoms with Gasteiger partial charge in [0.05, 0.1) is 20.4 Å². The summed E-state index contributed by atoms with van der Waals surface area (Å²) in [6, 6.07) is 12.9. The fourth-order valence-electron chi connectivity index (χ4n) is 3.34. The summed E-state index contributed by atoms with van der Waals surface area (Å²) in [5, 5.41) is 3.10. The molecule has 0 saturated heterocycles. The minimum absolute atomic E-state index is 0.177. The van der Waals surface area contributed by atoms with Crippen LogP contribution < -0.4 is 26.1 Å². The average molecular weight is 418 g/mol. The molecule has 2 aromatic heterocycles. The minimum Gasteiger partial charge on any atom is -0.497 e. The lowest BCUT2D eigenvalue weighted by Crippen LogP contribution is -2.09. The van der Waals surface area contributed by atoms with E-state index in [1.54, 1.807) is 56.9 Å². The van der Waals surface area contributed by atoms with Crippen molar-refractivity contribution >= 4 is 17.4 Å². The van der Waals surface area contributed by atoms with Crippen LogP contribution in [0.3, 0.4) is 0 Å². The zero-order valence-corrected chi connectivity index (χ0v) is 17.4. The highest BCUT2D eigenvalue weighted by Gasteiger charge is 2.13. The van der Waals surface area contributed by atoms with Crippen LogP contribution in [-0.2, 0) is 0 Å². The lowest BCUT2D eigenvalue weighted by molar-refractivity contribution is 0.394. The summed E-state index contributed by atoms with van der Waals surface area (Å²) < 4.78 is 16.5. The minimum atomic E-state index is -0.177. The highest BCUT2D eigenvalue weighted by atomic mass is 16.5. The Morgan fingerprint density at radius 1 is 1.03 bits per heavy atom. The van der Waals surface area contributed by atoms with Crippen molar-refractivity contribution in [3.8, 4) is 33.9 Å². The molecule has 0 atom stereocenters. The topological polar surface area (TPSA) is 115 Å². The molecule has 158 valence electrons. The van der Waals surface area contributed by atoms with E-state index in [-0.39, 0.29) is 5.56 Å². The number of nitrogens with one attached hydrogen (secondary N) is 2. The van der Waals surface area contributed by atoms with Gasteiger partial charge in [-0.3, -0.25) is 4.79 Å². The average Bonchev–Trinajstić information content (AvgIpc) is 3.21. The summed E-state index contributed by atoms with van der Waals surface area (Å²) >= 11 is 0. The lowest BCUT2D eigenvalue weighted by atomic mass is 9.99. The van der Waals surface area contributed by atoms with Gasteiger partial charge in [0.1, 0.15) is 11.5 Å². The Labute approximate surface area is 178 Å². The summed E-state index contributed by atoms with van der Waals surface area (Å²) in [7, 11) is 3.16. The monoisotopic (exact) mass is 418 g/mol. The number of nitrogens with zero attached hydrogens (tertiary/aromatic N) is 1. The summed E-state index contributed by atoms with van der Waals surface area (Å²) in [6.07, 6.45) is 3.22. The van der Waals surface area contributed by atoms with Crippen molar-refractivity contribution in [2.45, 2.75) is 6.92 Å². The number of methoxy groups -OCH3 is 2. The fourth-order valence-corrected chi connectivity index (χ4v) is 3.34. The van der Waals surface area contributed by atoms with Crippen LogP contribution in [0.15, 0.2) is 64.1 Å². The molecule has 31 heavy (non-hydrogen) atoms. The van der Waals surface area contributed by atoms with Gasteiger partial charge in [0.15, 0.2) is 5.76 Å². The molecule has 8 heteroatoms. The van der Waals surface area contributed by atoms with Gasteiger partial charge in [-0.05, 0) is 42.3 Å². The van der Waals surface area contributed by atoms with Crippen LogP contribution in [0.4, 0.5) is 17.4 Å². The molecule has 0 aliphatic carbocycles. The van der Waals surface area contributed by atoms with E-state index in [1.807, 2.05) is 19.1 Å². The van der Waals surface area contributed by atoms with Crippen LogP contribution in [0.25, 0.3) is 22.5 Å². The molecule has 0 aliphatic rings. The molecule has 0 fully saturated rings. The maximum Gasteiger partial charge on any atom is 0.299 e. The van der Waals surface area contributed by atoms with Gasteiger partial charge in [-0.15, -0.1) is 0 Å². The van der Waals surface area contributed by atoms with Crippen molar-refractivity contribution in [1.29, 1.82) is 0 Å². The number of rotatable bonds is 6. The number of aromatic amines is 1. The zero-order chi connectivity index (χ0) is 22.0. The first-order valence-corrected chi connectivity index (χ1v) is 9.52. The van der Waals surface area contributed by atoms with Gasteiger partial charge < -0.3 is 29.9 Å². The molecule has 4 aromatic rings. The number of oxazole rings is 1. The number of pyridine rings is 1. The number of H-pyrrole nitrogens is 1. The maximum atomic E-state index is 12.3. The predicted molar refractivity (Wildman–Crippen MR) is 120 cm³/mol. The number of nitrogens with two attached hydrogens (primary N) is 1. The van der Waals surface area contributed by atoms with E-state index in [2.05, 4.69) is 15.3 Å². The van der Waals surface area contributed by atoms with Crippen LogP contribution in [0, 0.1) is 6.92 Å². The van der Waals surface area contributed by atoms with Gasteiger partial charge in [-0.25, -0.2) is 4.98 Å². The number of aryl methyl sites for hydroxylation is 1. The number of ether oxygens (including phenoxy) is 2. The van der Waals surface area contributed by atoms with E-state index in [0.717, 1.165) is 5.56 Å². The molecule has 0 bridgehead atoms. The van der Waals surface area contributed by atoms with E-state index < -0.39 is 0 Å². The van der Waals surface area contributed by atoms with E-state index in [1.165, 1.54) is 0 Å². The van der Waals surface area contributed by atoms with Crippen LogP contribution in [0.1, 0.15) is 5.56 Å². The quantitative estimate of drug-likeness (QED) is 0.399. The van der Waals surface area contributed by atoms with E-state index in [0.29, 0.717) is 51.3 Å². The van der Waals surface area contributed by atoms with Crippen molar-refractivity contribution < 1.29 is 13.9 Å². The number of benzene rings is 2. The Morgan fingerprint density at radius 3 is 2.42 bits per heavy atom. The van der Waals surface area contributed by atoms with E-state index in [9.17, 15) is 4.79 Å². The summed E-state index contributed by atoms with van der Waals surface area (Å²) in [5.41, 5.74) is 9.98. The highest BCUT2D eigenvalue weighted by molar-refractivity contribution is 5.76. The molecular weight excluding hydrogens is 396 g/mol. The molecule has 0 saturated carbocycles. The Balaban J connectivity index is 1.67. The molecule has 0 radical (unpaired) electrons. The summed E-state index contributed by atoms with van der Waals surface area (Å²) in [5.74, 6) is 1.78. The normalized spacial score (nSPS) is 10.7. The van der Waals surface area contributed by atoms with E-state index in [4.69, 9.17) is 19.6 Å². The third kappa shape index (κ3) is 4.23. The first-order chi connectivity index (χ1) is 15.0. The van der Waals surface area contributed by atoms with Crippen molar-refractivity contribution in [2.75, 3.05) is 25.3 Å². The molecule has 4 rings (SSSR count). The molecule has 4 N–H and O–H groups in total. The highest BCUT2D eigenvalue weighted by Crippen LogP contribution is 2.32. The van der Waals surface area contributed by atoms with Crippen molar-refractivity contribution in [2.24, 2.45) is 0 Å². The van der Waals surface area contributed by atoms with Crippen LogP contribution in [0.2, 0.25) is 0 Å². The lowest BCUT2D eigenvalue weighted by Gasteiger charge is -2.09. The van der Waals surface area contributed by atoms with Crippen LogP contribution >= 0.6 is 0 Å². The van der Waals surface area contributed by atoms with Gasteiger partial charge in [0, 0.05) is 46.9 Å². The van der Waals surface area contributed by atoms with E-state index >= 15 is 0 Å². The first kappa shape index (κ1) is 20.1. The molecule has 0 unspecified atom stereocenters. The standard InChI is InChI=1S/C23H22N4O4/c1-13-4-5-25-22(28)21(13)15-6-14(7-16(24)8-15)20-12-26-23(31-20)27-17-9-18(29-2)11-19(10-17)30-3/h4-12H,24H2,1-3H3,(H,25,28)(H,26,27). The maximum absolute atomic E-state index is 12.3.